The first-order chi connectivity index (χ1) is 14.2. The molecule has 6 heteroatoms. The average Bonchev–Trinajstić information content (AvgIpc) is 3.12. The summed E-state index contributed by atoms with van der Waals surface area (Å²) in [6.45, 7) is 0.379. The van der Waals surface area contributed by atoms with Crippen LogP contribution >= 0.6 is 22.9 Å². The Kier molecular flexibility index (Phi) is 4.86. The number of aryl methyl sites for hydroxylation is 2. The molecule has 0 spiro atoms. The van der Waals surface area contributed by atoms with Gasteiger partial charge < -0.3 is 9.72 Å². The SMILES string of the molecule is O=c1[nH]c(-c2cccc(OCc3ccccc3Cl)c2)nc2sc3c(c12)CCCC3. The summed E-state index contributed by atoms with van der Waals surface area (Å²) in [6.07, 6.45) is 4.36. The third-order valence-electron chi connectivity index (χ3n) is 5.28. The molecule has 5 rings (SSSR count). The number of aromatic nitrogens is 2. The number of hydrogen-bond donors (Lipinski definition) is 1. The van der Waals surface area contributed by atoms with Gasteiger partial charge in [-0.1, -0.05) is 41.9 Å². The monoisotopic (exact) mass is 422 g/mol. The van der Waals surface area contributed by atoms with Gasteiger partial charge in [-0.2, -0.15) is 0 Å². The molecule has 0 radical (unpaired) electrons. The number of ether oxygens (including phenoxy) is 1. The van der Waals surface area contributed by atoms with Gasteiger partial charge >= 0.3 is 0 Å². The van der Waals surface area contributed by atoms with E-state index in [1.807, 2.05) is 48.5 Å². The number of H-pyrrole nitrogens is 1. The Morgan fingerprint density at radius 2 is 1.97 bits per heavy atom. The molecule has 0 amide bonds. The number of nitrogens with zero attached hydrogens (tertiary/aromatic N) is 1. The van der Waals surface area contributed by atoms with Crippen LogP contribution in [-0.2, 0) is 19.4 Å². The smallest absolute Gasteiger partial charge is 0.260 e. The van der Waals surface area contributed by atoms with Gasteiger partial charge in [0.2, 0.25) is 0 Å². The molecule has 4 aromatic rings. The molecule has 2 heterocycles. The lowest BCUT2D eigenvalue weighted by Crippen LogP contribution is -2.11. The number of thiophene rings is 1. The van der Waals surface area contributed by atoms with Crippen LogP contribution in [-0.4, -0.2) is 9.97 Å². The summed E-state index contributed by atoms with van der Waals surface area (Å²) in [5.41, 5.74) is 2.91. The highest BCUT2D eigenvalue weighted by molar-refractivity contribution is 7.18. The minimum Gasteiger partial charge on any atom is -0.489 e. The number of rotatable bonds is 4. The molecule has 29 heavy (non-hydrogen) atoms. The van der Waals surface area contributed by atoms with Crippen molar-refractivity contribution in [1.29, 1.82) is 0 Å². The Labute approximate surface area is 177 Å². The molecular weight excluding hydrogens is 404 g/mol. The number of benzene rings is 2. The lowest BCUT2D eigenvalue weighted by atomic mass is 9.97. The maximum atomic E-state index is 12.8. The molecule has 0 aliphatic heterocycles. The van der Waals surface area contributed by atoms with E-state index in [9.17, 15) is 4.79 Å². The van der Waals surface area contributed by atoms with E-state index in [-0.39, 0.29) is 5.56 Å². The molecule has 4 nitrogen and oxygen atoms in total. The van der Waals surface area contributed by atoms with E-state index in [2.05, 4.69) is 4.98 Å². The number of halogens is 1. The molecular formula is C23H19ClN2O2S. The molecule has 0 bridgehead atoms. The summed E-state index contributed by atoms with van der Waals surface area (Å²) >= 11 is 7.86. The zero-order chi connectivity index (χ0) is 19.8. The second-order valence-electron chi connectivity index (χ2n) is 7.21. The number of aromatic amines is 1. The largest absolute Gasteiger partial charge is 0.489 e. The molecule has 1 aliphatic carbocycles. The van der Waals surface area contributed by atoms with E-state index >= 15 is 0 Å². The van der Waals surface area contributed by atoms with Crippen LogP contribution in [0.25, 0.3) is 21.6 Å². The zero-order valence-electron chi connectivity index (χ0n) is 15.7. The molecule has 0 saturated heterocycles. The summed E-state index contributed by atoms with van der Waals surface area (Å²) in [4.78, 5) is 22.7. The molecule has 0 unspecified atom stereocenters. The fourth-order valence-corrected chi connectivity index (χ4v) is 5.26. The van der Waals surface area contributed by atoms with Gasteiger partial charge in [0.15, 0.2) is 0 Å². The quantitative estimate of drug-likeness (QED) is 0.454. The van der Waals surface area contributed by atoms with Crippen molar-refractivity contribution in [3.8, 4) is 17.1 Å². The van der Waals surface area contributed by atoms with Crippen LogP contribution in [0.5, 0.6) is 5.75 Å². The first-order valence-electron chi connectivity index (χ1n) is 9.70. The maximum absolute atomic E-state index is 12.8. The highest BCUT2D eigenvalue weighted by Gasteiger charge is 2.20. The predicted molar refractivity (Wildman–Crippen MR) is 118 cm³/mol. The molecule has 0 fully saturated rings. The van der Waals surface area contributed by atoms with Gasteiger partial charge in [0.05, 0.1) is 5.39 Å². The molecule has 2 aromatic carbocycles. The lowest BCUT2D eigenvalue weighted by molar-refractivity contribution is 0.306. The van der Waals surface area contributed by atoms with Crippen molar-refractivity contribution in [2.24, 2.45) is 0 Å². The molecule has 146 valence electrons. The van der Waals surface area contributed by atoms with Crippen molar-refractivity contribution < 1.29 is 4.74 Å². The summed E-state index contributed by atoms with van der Waals surface area (Å²) in [5, 5.41) is 1.46. The highest BCUT2D eigenvalue weighted by Crippen LogP contribution is 2.34. The summed E-state index contributed by atoms with van der Waals surface area (Å²) in [7, 11) is 0. The minimum absolute atomic E-state index is 0.0493. The Morgan fingerprint density at radius 1 is 1.10 bits per heavy atom. The van der Waals surface area contributed by atoms with Crippen molar-refractivity contribution in [2.75, 3.05) is 0 Å². The van der Waals surface area contributed by atoms with E-state index in [0.29, 0.717) is 23.2 Å². The van der Waals surface area contributed by atoms with Crippen LogP contribution in [0.2, 0.25) is 5.02 Å². The van der Waals surface area contributed by atoms with E-state index in [0.717, 1.165) is 40.6 Å². The number of fused-ring (bicyclic) bond motifs is 3. The Morgan fingerprint density at radius 3 is 2.86 bits per heavy atom. The summed E-state index contributed by atoms with van der Waals surface area (Å²) in [6, 6.07) is 15.2. The molecule has 1 aliphatic rings. The Bertz CT molecular complexity index is 1260. The lowest BCUT2D eigenvalue weighted by Gasteiger charge is -2.10. The second-order valence-corrected chi connectivity index (χ2v) is 8.70. The normalized spacial score (nSPS) is 13.4. The van der Waals surface area contributed by atoms with Crippen LogP contribution in [0.4, 0.5) is 0 Å². The topological polar surface area (TPSA) is 55.0 Å². The Hall–Kier alpha value is -2.63. The Balaban J connectivity index is 1.46. The van der Waals surface area contributed by atoms with Crippen molar-refractivity contribution in [2.45, 2.75) is 32.3 Å². The summed E-state index contributed by atoms with van der Waals surface area (Å²) in [5.74, 6) is 1.28. The van der Waals surface area contributed by atoms with Crippen LogP contribution in [0.3, 0.4) is 0 Å². The molecule has 1 N–H and O–H groups in total. The molecule has 2 aromatic heterocycles. The van der Waals surface area contributed by atoms with E-state index in [4.69, 9.17) is 21.3 Å². The second kappa shape index (κ2) is 7.65. The maximum Gasteiger partial charge on any atom is 0.260 e. The fraction of sp³-hybridized carbons (Fsp3) is 0.217. The predicted octanol–water partition coefficient (Wildman–Crippen LogP) is 5.76. The standard InChI is InChI=1S/C23H19ClN2O2S/c24-18-10-3-1-6-15(18)13-28-16-8-5-7-14(12-16)21-25-22(27)20-17-9-2-4-11-19(17)29-23(20)26-21/h1,3,5-8,10,12H,2,4,9,11,13H2,(H,25,26,27). The molecule has 0 atom stereocenters. The van der Waals surface area contributed by atoms with Gasteiger partial charge in [-0.05, 0) is 49.4 Å². The highest BCUT2D eigenvalue weighted by atomic mass is 35.5. The summed E-state index contributed by atoms with van der Waals surface area (Å²) < 4.78 is 5.92. The fourth-order valence-electron chi connectivity index (χ4n) is 3.81. The average molecular weight is 423 g/mol. The van der Waals surface area contributed by atoms with Crippen molar-refractivity contribution in [3.63, 3.8) is 0 Å². The first kappa shape index (κ1) is 18.4. The van der Waals surface area contributed by atoms with Crippen LogP contribution < -0.4 is 10.3 Å². The minimum atomic E-state index is -0.0493. The van der Waals surface area contributed by atoms with E-state index < -0.39 is 0 Å². The number of nitrogens with one attached hydrogen (secondary N) is 1. The van der Waals surface area contributed by atoms with Crippen LogP contribution in [0, 0.1) is 0 Å². The van der Waals surface area contributed by atoms with Crippen molar-refractivity contribution >= 4 is 33.2 Å². The third-order valence-corrected chi connectivity index (χ3v) is 6.84. The van der Waals surface area contributed by atoms with E-state index in [1.54, 1.807) is 11.3 Å². The zero-order valence-corrected chi connectivity index (χ0v) is 17.3. The van der Waals surface area contributed by atoms with Gasteiger partial charge in [0.25, 0.3) is 5.56 Å². The van der Waals surface area contributed by atoms with Gasteiger partial charge in [0, 0.05) is 21.0 Å². The van der Waals surface area contributed by atoms with Crippen molar-refractivity contribution in [3.05, 3.63) is 79.9 Å². The van der Waals surface area contributed by atoms with Gasteiger partial charge in [0.1, 0.15) is 23.0 Å². The van der Waals surface area contributed by atoms with Gasteiger partial charge in [-0.15, -0.1) is 11.3 Å². The van der Waals surface area contributed by atoms with Gasteiger partial charge in [-0.3, -0.25) is 4.79 Å². The molecule has 0 saturated carbocycles. The third kappa shape index (κ3) is 3.56. The number of hydrogen-bond acceptors (Lipinski definition) is 4. The van der Waals surface area contributed by atoms with Crippen LogP contribution in [0.1, 0.15) is 28.8 Å². The van der Waals surface area contributed by atoms with Gasteiger partial charge in [-0.25, -0.2) is 4.98 Å². The first-order valence-corrected chi connectivity index (χ1v) is 10.9. The van der Waals surface area contributed by atoms with Crippen LogP contribution in [0.15, 0.2) is 53.3 Å². The van der Waals surface area contributed by atoms with E-state index in [1.165, 1.54) is 16.9 Å². The van der Waals surface area contributed by atoms with Crippen molar-refractivity contribution in [1.82, 2.24) is 9.97 Å².